The van der Waals surface area contributed by atoms with Crippen LogP contribution >= 0.6 is 38.5 Å². The van der Waals surface area contributed by atoms with Crippen molar-refractivity contribution in [2.75, 3.05) is 0 Å². The molecule has 2 rings (SSSR count). The maximum atomic E-state index is 13.4. The largest absolute Gasteiger partial charge is 0.324 e. The van der Waals surface area contributed by atoms with Crippen LogP contribution in [0.4, 0.5) is 8.78 Å². The molecule has 0 heterocycles. The van der Waals surface area contributed by atoms with E-state index in [0.717, 1.165) is 14.7 Å². The number of hydrogen-bond acceptors (Lipinski definition) is 1. The van der Waals surface area contributed by atoms with Gasteiger partial charge in [-0.15, -0.1) is 0 Å². The van der Waals surface area contributed by atoms with Crippen LogP contribution in [0.15, 0.2) is 40.9 Å². The van der Waals surface area contributed by atoms with E-state index in [4.69, 9.17) is 5.73 Å². The lowest BCUT2D eigenvalue weighted by Gasteiger charge is -2.15. The smallest absolute Gasteiger partial charge is 0.137 e. The first kappa shape index (κ1) is 14.9. The molecule has 0 amide bonds. The van der Waals surface area contributed by atoms with E-state index >= 15 is 0 Å². The van der Waals surface area contributed by atoms with Gasteiger partial charge in [-0.05, 0) is 74.3 Å². The summed E-state index contributed by atoms with van der Waals surface area (Å²) in [6.07, 6.45) is 0.486. The number of rotatable bonds is 3. The van der Waals surface area contributed by atoms with Gasteiger partial charge in [0, 0.05) is 9.61 Å². The molecule has 5 heteroatoms. The summed E-state index contributed by atoms with van der Waals surface area (Å²) in [5.74, 6) is -0.592. The summed E-state index contributed by atoms with van der Waals surface area (Å²) in [6.45, 7) is 0. The number of halogens is 4. The quantitative estimate of drug-likeness (QED) is 0.699. The normalized spacial score (nSPS) is 12.5. The van der Waals surface area contributed by atoms with E-state index in [0.29, 0.717) is 10.9 Å². The summed E-state index contributed by atoms with van der Waals surface area (Å²) in [6, 6.07) is 9.07. The fourth-order valence-electron chi connectivity index (χ4n) is 1.86. The summed E-state index contributed by atoms with van der Waals surface area (Å²) in [7, 11) is 0. The van der Waals surface area contributed by atoms with Crippen LogP contribution < -0.4 is 5.73 Å². The lowest BCUT2D eigenvalue weighted by Crippen LogP contribution is -2.15. The SMILES string of the molecule is NC(Cc1cccc(F)c1Br)c1ccc(F)cc1I. The summed E-state index contributed by atoms with van der Waals surface area (Å²) in [5, 5.41) is 0. The van der Waals surface area contributed by atoms with Crippen molar-refractivity contribution >= 4 is 38.5 Å². The van der Waals surface area contributed by atoms with Gasteiger partial charge >= 0.3 is 0 Å². The zero-order valence-corrected chi connectivity index (χ0v) is 13.6. The number of hydrogen-bond donors (Lipinski definition) is 1. The van der Waals surface area contributed by atoms with Crippen molar-refractivity contribution in [1.29, 1.82) is 0 Å². The van der Waals surface area contributed by atoms with Crippen LogP contribution in [0.25, 0.3) is 0 Å². The van der Waals surface area contributed by atoms with E-state index in [1.54, 1.807) is 12.1 Å². The molecular formula is C14H11BrF2IN. The Kier molecular flexibility index (Phi) is 4.92. The van der Waals surface area contributed by atoms with E-state index in [9.17, 15) is 8.78 Å². The molecule has 0 saturated heterocycles. The molecule has 0 aliphatic carbocycles. The average Bonchev–Trinajstić information content (AvgIpc) is 2.34. The van der Waals surface area contributed by atoms with Crippen molar-refractivity contribution in [1.82, 2.24) is 0 Å². The molecule has 2 aromatic rings. The van der Waals surface area contributed by atoms with Crippen LogP contribution in [0.3, 0.4) is 0 Å². The third-order valence-corrected chi connectivity index (χ3v) is 4.66. The highest BCUT2D eigenvalue weighted by Gasteiger charge is 2.14. The van der Waals surface area contributed by atoms with Crippen molar-refractivity contribution < 1.29 is 8.78 Å². The summed E-state index contributed by atoms with van der Waals surface area (Å²) < 4.78 is 27.7. The maximum Gasteiger partial charge on any atom is 0.137 e. The summed E-state index contributed by atoms with van der Waals surface area (Å²) >= 11 is 5.27. The molecule has 19 heavy (non-hydrogen) atoms. The third-order valence-electron chi connectivity index (χ3n) is 2.83. The van der Waals surface area contributed by atoms with Gasteiger partial charge in [-0.25, -0.2) is 8.78 Å². The minimum atomic E-state index is -0.307. The monoisotopic (exact) mass is 437 g/mol. The molecule has 0 aliphatic heterocycles. The fourth-order valence-corrected chi connectivity index (χ4v) is 3.16. The molecule has 1 atom stereocenters. The standard InChI is InChI=1S/C14H11BrF2IN/c15-14-8(2-1-3-11(14)17)6-13(19)10-5-4-9(16)7-12(10)18/h1-5,7,13H,6,19H2. The molecule has 0 aromatic heterocycles. The van der Waals surface area contributed by atoms with Gasteiger partial charge in [0.25, 0.3) is 0 Å². The molecule has 1 unspecified atom stereocenters. The Morgan fingerprint density at radius 1 is 1.21 bits per heavy atom. The predicted octanol–water partition coefficient (Wildman–Crippen LogP) is 4.57. The second-order valence-electron chi connectivity index (χ2n) is 4.19. The van der Waals surface area contributed by atoms with E-state index in [1.165, 1.54) is 18.2 Å². The van der Waals surface area contributed by atoms with Crippen LogP contribution in [0.1, 0.15) is 17.2 Å². The highest BCUT2D eigenvalue weighted by molar-refractivity contribution is 14.1. The van der Waals surface area contributed by atoms with Gasteiger partial charge in [0.2, 0.25) is 0 Å². The molecule has 0 spiro atoms. The van der Waals surface area contributed by atoms with Crippen molar-refractivity contribution in [2.45, 2.75) is 12.5 Å². The van der Waals surface area contributed by atoms with Crippen LogP contribution in [0.2, 0.25) is 0 Å². The Morgan fingerprint density at radius 2 is 1.95 bits per heavy atom. The fraction of sp³-hybridized carbons (Fsp3) is 0.143. The second-order valence-corrected chi connectivity index (χ2v) is 6.14. The van der Waals surface area contributed by atoms with E-state index in [2.05, 4.69) is 38.5 Å². The van der Waals surface area contributed by atoms with Gasteiger partial charge in [0.05, 0.1) is 4.47 Å². The van der Waals surface area contributed by atoms with Gasteiger partial charge in [-0.2, -0.15) is 0 Å². The molecule has 1 nitrogen and oxygen atoms in total. The first-order valence-corrected chi connectivity index (χ1v) is 7.49. The Balaban J connectivity index is 2.25. The summed E-state index contributed by atoms with van der Waals surface area (Å²) in [4.78, 5) is 0. The topological polar surface area (TPSA) is 26.0 Å². The maximum absolute atomic E-state index is 13.4. The van der Waals surface area contributed by atoms with Crippen LogP contribution in [-0.4, -0.2) is 0 Å². The predicted molar refractivity (Wildman–Crippen MR) is 83.8 cm³/mol. The van der Waals surface area contributed by atoms with Crippen molar-refractivity contribution in [2.24, 2.45) is 5.73 Å². The van der Waals surface area contributed by atoms with Gasteiger partial charge in [-0.3, -0.25) is 0 Å². The highest BCUT2D eigenvalue weighted by atomic mass is 127. The minimum Gasteiger partial charge on any atom is -0.324 e. The van der Waals surface area contributed by atoms with E-state index in [-0.39, 0.29) is 17.7 Å². The Bertz CT molecular complexity index is 604. The molecule has 0 radical (unpaired) electrons. The average molecular weight is 438 g/mol. The zero-order chi connectivity index (χ0) is 14.0. The molecule has 2 N–H and O–H groups in total. The first-order valence-electron chi connectivity index (χ1n) is 5.62. The van der Waals surface area contributed by atoms with E-state index < -0.39 is 0 Å². The first-order chi connectivity index (χ1) is 8.99. The molecule has 100 valence electrons. The number of nitrogens with two attached hydrogens (primary N) is 1. The Morgan fingerprint density at radius 3 is 2.63 bits per heavy atom. The molecular weight excluding hydrogens is 427 g/mol. The lowest BCUT2D eigenvalue weighted by molar-refractivity contribution is 0.612. The summed E-state index contributed by atoms with van der Waals surface area (Å²) in [5.41, 5.74) is 7.78. The van der Waals surface area contributed by atoms with Gasteiger partial charge in [0.1, 0.15) is 11.6 Å². The minimum absolute atomic E-state index is 0.285. The van der Waals surface area contributed by atoms with Gasteiger partial charge < -0.3 is 5.73 Å². The molecule has 2 aromatic carbocycles. The van der Waals surface area contributed by atoms with E-state index in [1.807, 2.05) is 6.07 Å². The van der Waals surface area contributed by atoms with Gasteiger partial charge in [-0.1, -0.05) is 18.2 Å². The Hall–Kier alpha value is -0.530. The van der Waals surface area contributed by atoms with Crippen LogP contribution in [-0.2, 0) is 6.42 Å². The van der Waals surface area contributed by atoms with Crippen molar-refractivity contribution in [3.63, 3.8) is 0 Å². The third kappa shape index (κ3) is 3.52. The molecule has 0 saturated carbocycles. The molecule has 0 fully saturated rings. The van der Waals surface area contributed by atoms with Gasteiger partial charge in [0.15, 0.2) is 0 Å². The van der Waals surface area contributed by atoms with Crippen molar-refractivity contribution in [3.8, 4) is 0 Å². The van der Waals surface area contributed by atoms with Crippen LogP contribution in [0, 0.1) is 15.2 Å². The van der Waals surface area contributed by atoms with Crippen molar-refractivity contribution in [3.05, 3.63) is 67.2 Å². The second kappa shape index (κ2) is 6.28. The molecule has 0 bridgehead atoms. The molecule has 0 aliphatic rings. The number of benzene rings is 2. The lowest BCUT2D eigenvalue weighted by atomic mass is 9.99. The van der Waals surface area contributed by atoms with Crippen LogP contribution in [0.5, 0.6) is 0 Å². The Labute approximate surface area is 132 Å². The highest BCUT2D eigenvalue weighted by Crippen LogP contribution is 2.27. The zero-order valence-electron chi connectivity index (χ0n) is 9.84.